The third-order valence-corrected chi connectivity index (χ3v) is 6.99. The Morgan fingerprint density at radius 2 is 1.36 bits per heavy atom. The van der Waals surface area contributed by atoms with Crippen LogP contribution < -0.4 is 15.2 Å². The van der Waals surface area contributed by atoms with Gasteiger partial charge in [0, 0.05) is 0 Å². The number of hydrogen-bond donors (Lipinski definition) is 2. The van der Waals surface area contributed by atoms with Gasteiger partial charge in [-0.15, -0.1) is 12.4 Å². The van der Waals surface area contributed by atoms with Crippen LogP contribution in [-0.4, -0.2) is 29.1 Å². The van der Waals surface area contributed by atoms with E-state index < -0.39 is 12.0 Å². The number of esters is 2. The number of halogens is 1. The molecule has 2 aliphatic carbocycles. The number of aliphatic carboxylic acids is 1. The van der Waals surface area contributed by atoms with Gasteiger partial charge in [0.2, 0.25) is 0 Å². The minimum atomic E-state index is -1.11. The largest absolute Gasteiger partial charge is 0.480 e. The van der Waals surface area contributed by atoms with Crippen molar-refractivity contribution in [1.29, 1.82) is 0 Å². The van der Waals surface area contributed by atoms with Crippen molar-refractivity contribution in [3.05, 3.63) is 23.8 Å². The minimum Gasteiger partial charge on any atom is -0.480 e. The fourth-order valence-electron chi connectivity index (χ4n) is 5.01. The van der Waals surface area contributed by atoms with Gasteiger partial charge < -0.3 is 20.3 Å². The van der Waals surface area contributed by atoms with Gasteiger partial charge in [0.15, 0.2) is 11.5 Å². The van der Waals surface area contributed by atoms with Crippen molar-refractivity contribution in [2.75, 3.05) is 0 Å². The number of hydrogen-bond acceptors (Lipinski definition) is 6. The topological polar surface area (TPSA) is 116 Å². The van der Waals surface area contributed by atoms with Gasteiger partial charge in [-0.1, -0.05) is 45.6 Å². The van der Waals surface area contributed by atoms with E-state index in [4.69, 9.17) is 20.3 Å². The molecule has 1 aromatic rings. The fraction of sp³-hybridized carbons (Fsp3) is 0.640. The molecule has 0 spiro atoms. The van der Waals surface area contributed by atoms with Crippen LogP contribution in [0.1, 0.15) is 83.6 Å². The molecule has 0 heterocycles. The maximum atomic E-state index is 12.7. The molecule has 7 nitrogen and oxygen atoms in total. The van der Waals surface area contributed by atoms with E-state index >= 15 is 0 Å². The summed E-state index contributed by atoms with van der Waals surface area (Å²) < 4.78 is 11.3. The number of carboxylic acids is 1. The van der Waals surface area contributed by atoms with Gasteiger partial charge in [-0.05, 0) is 60.6 Å². The summed E-state index contributed by atoms with van der Waals surface area (Å²) in [4.78, 5) is 36.5. The highest BCUT2D eigenvalue weighted by Crippen LogP contribution is 2.42. The van der Waals surface area contributed by atoms with E-state index in [9.17, 15) is 14.4 Å². The van der Waals surface area contributed by atoms with E-state index in [1.165, 1.54) is 0 Å². The maximum Gasteiger partial charge on any atom is 0.320 e. The molecule has 0 unspecified atom stereocenters. The zero-order valence-electron chi connectivity index (χ0n) is 19.6. The molecular formula is C25H36ClNO6. The highest BCUT2D eigenvalue weighted by atomic mass is 35.5. The number of ether oxygens (including phenoxy) is 2. The average molecular weight is 482 g/mol. The monoisotopic (exact) mass is 481 g/mol. The van der Waals surface area contributed by atoms with Crippen LogP contribution in [0, 0.1) is 10.8 Å². The van der Waals surface area contributed by atoms with E-state index in [1.807, 2.05) is 0 Å². The van der Waals surface area contributed by atoms with E-state index in [0.29, 0.717) is 12.0 Å². The molecule has 0 bridgehead atoms. The Balaban J connectivity index is 0.00000385. The molecule has 1 aromatic carbocycles. The van der Waals surface area contributed by atoms with Crippen LogP contribution >= 0.6 is 12.4 Å². The Kier molecular flexibility index (Phi) is 9.32. The molecule has 3 N–H and O–H groups in total. The lowest BCUT2D eigenvalue weighted by Gasteiger charge is -2.23. The number of rotatable bonds is 9. The predicted octanol–water partition coefficient (Wildman–Crippen LogP) is 4.81. The Morgan fingerprint density at radius 3 is 1.82 bits per heavy atom. The van der Waals surface area contributed by atoms with E-state index in [2.05, 4.69) is 13.8 Å². The van der Waals surface area contributed by atoms with Gasteiger partial charge >= 0.3 is 17.9 Å². The Bertz CT molecular complexity index is 858. The first-order valence-electron chi connectivity index (χ1n) is 11.6. The molecule has 0 aromatic heterocycles. The SMILES string of the molecule is CC1(CC(=O)Oc2ccc(C[C@H](N)C(=O)O)cc2OC(=O)CC2(C)CCCC2)CCCC1.Cl. The lowest BCUT2D eigenvalue weighted by molar-refractivity contribution is -0.139. The first kappa shape index (κ1) is 27.1. The number of carbonyl (C=O) groups excluding carboxylic acids is 2. The summed E-state index contributed by atoms with van der Waals surface area (Å²) in [6.45, 7) is 4.19. The van der Waals surface area contributed by atoms with Gasteiger partial charge in [0.25, 0.3) is 0 Å². The van der Waals surface area contributed by atoms with Crippen molar-refractivity contribution in [3.8, 4) is 11.5 Å². The molecule has 0 aliphatic heterocycles. The smallest absolute Gasteiger partial charge is 0.320 e. The fourth-order valence-corrected chi connectivity index (χ4v) is 5.01. The third kappa shape index (κ3) is 7.71. The van der Waals surface area contributed by atoms with Gasteiger partial charge in [0.05, 0.1) is 12.8 Å². The van der Waals surface area contributed by atoms with Crippen LogP contribution in [0.2, 0.25) is 0 Å². The molecule has 2 fully saturated rings. The molecule has 0 radical (unpaired) electrons. The van der Waals surface area contributed by atoms with Crippen molar-refractivity contribution < 1.29 is 29.0 Å². The zero-order chi connectivity index (χ0) is 23.4. The first-order chi connectivity index (χ1) is 15.1. The van der Waals surface area contributed by atoms with Crippen LogP contribution in [0.3, 0.4) is 0 Å². The number of carbonyl (C=O) groups is 3. The highest BCUT2D eigenvalue weighted by molar-refractivity contribution is 5.85. The minimum absolute atomic E-state index is 0. The van der Waals surface area contributed by atoms with E-state index in [0.717, 1.165) is 51.4 Å². The predicted molar refractivity (Wildman–Crippen MR) is 127 cm³/mol. The molecule has 8 heteroatoms. The molecule has 0 saturated heterocycles. The zero-order valence-corrected chi connectivity index (χ0v) is 20.4. The Labute approximate surface area is 201 Å². The first-order valence-corrected chi connectivity index (χ1v) is 11.6. The van der Waals surface area contributed by atoms with Crippen molar-refractivity contribution in [2.45, 2.75) is 90.5 Å². The quantitative estimate of drug-likeness (QED) is 0.383. The van der Waals surface area contributed by atoms with Gasteiger partial charge in [-0.2, -0.15) is 0 Å². The summed E-state index contributed by atoms with van der Waals surface area (Å²) in [5.41, 5.74) is 6.12. The molecule has 2 saturated carbocycles. The Hall–Kier alpha value is -2.12. The second kappa shape index (κ2) is 11.3. The molecule has 184 valence electrons. The Morgan fingerprint density at radius 1 is 0.909 bits per heavy atom. The van der Waals surface area contributed by atoms with Crippen LogP contribution in [0.5, 0.6) is 11.5 Å². The van der Waals surface area contributed by atoms with E-state index in [1.54, 1.807) is 18.2 Å². The van der Waals surface area contributed by atoms with Crippen molar-refractivity contribution in [3.63, 3.8) is 0 Å². The van der Waals surface area contributed by atoms with Crippen LogP contribution in [0.25, 0.3) is 0 Å². The second-order valence-corrected chi connectivity index (χ2v) is 10.3. The maximum absolute atomic E-state index is 12.7. The third-order valence-electron chi connectivity index (χ3n) is 6.99. The number of benzene rings is 1. The summed E-state index contributed by atoms with van der Waals surface area (Å²) in [5, 5.41) is 9.10. The average Bonchev–Trinajstić information content (AvgIpc) is 3.31. The van der Waals surface area contributed by atoms with Crippen molar-refractivity contribution >= 4 is 30.3 Å². The lowest BCUT2D eigenvalue weighted by Crippen LogP contribution is -2.32. The number of carboxylic acid groups (broad SMARTS) is 1. The molecule has 0 amide bonds. The van der Waals surface area contributed by atoms with Crippen LogP contribution in [-0.2, 0) is 20.8 Å². The molecular weight excluding hydrogens is 446 g/mol. The van der Waals surface area contributed by atoms with Crippen molar-refractivity contribution in [2.24, 2.45) is 16.6 Å². The standard InChI is InChI=1S/C25H35NO6.ClH/c1-24(9-3-4-10-24)15-21(27)31-19-8-7-17(13-18(26)23(29)30)14-20(19)32-22(28)16-25(2)11-5-6-12-25;/h7-8,14,18H,3-6,9-13,15-16,26H2,1-2H3,(H,29,30);1H/t18-;/m0./s1. The summed E-state index contributed by atoms with van der Waals surface area (Å²) in [7, 11) is 0. The summed E-state index contributed by atoms with van der Waals surface area (Å²) >= 11 is 0. The van der Waals surface area contributed by atoms with Gasteiger partial charge in [0.1, 0.15) is 6.04 Å². The van der Waals surface area contributed by atoms with Gasteiger partial charge in [-0.3, -0.25) is 14.4 Å². The van der Waals surface area contributed by atoms with Gasteiger partial charge in [-0.25, -0.2) is 0 Å². The number of nitrogens with two attached hydrogens (primary N) is 1. The summed E-state index contributed by atoms with van der Waals surface area (Å²) in [6.07, 6.45) is 9.07. The normalized spacial score (nSPS) is 19.4. The van der Waals surface area contributed by atoms with Crippen molar-refractivity contribution in [1.82, 2.24) is 0 Å². The second-order valence-electron chi connectivity index (χ2n) is 10.3. The molecule has 2 aliphatic rings. The van der Waals surface area contributed by atoms with E-state index in [-0.39, 0.29) is 59.5 Å². The lowest BCUT2D eigenvalue weighted by atomic mass is 9.85. The molecule has 33 heavy (non-hydrogen) atoms. The summed E-state index contributed by atoms with van der Waals surface area (Å²) in [5.74, 6) is -1.54. The highest BCUT2D eigenvalue weighted by Gasteiger charge is 2.34. The van der Waals surface area contributed by atoms with Crippen LogP contribution in [0.4, 0.5) is 0 Å². The summed E-state index contributed by atoms with van der Waals surface area (Å²) in [6, 6.07) is 3.68. The van der Waals surface area contributed by atoms with Crippen LogP contribution in [0.15, 0.2) is 18.2 Å². The molecule has 1 atom stereocenters. The molecule has 3 rings (SSSR count).